The first kappa shape index (κ1) is 12.4. The first-order valence-corrected chi connectivity index (χ1v) is 7.53. The Kier molecular flexibility index (Phi) is 4.69. The highest BCUT2D eigenvalue weighted by molar-refractivity contribution is 4.85. The van der Waals surface area contributed by atoms with Crippen molar-refractivity contribution in [3.63, 3.8) is 0 Å². The van der Waals surface area contributed by atoms with Crippen LogP contribution in [-0.4, -0.2) is 12.6 Å². The van der Waals surface area contributed by atoms with Crippen molar-refractivity contribution in [3.8, 4) is 0 Å². The molecule has 0 amide bonds. The van der Waals surface area contributed by atoms with E-state index in [1.54, 1.807) is 0 Å². The standard InChI is InChI=1S/C15H29N/c1-3-5-12(2)10-13-6-4-7-14(13)11-16-15-8-9-15/h12-16H,3-11H2,1-2H3. The Morgan fingerprint density at radius 2 is 1.88 bits per heavy atom. The van der Waals surface area contributed by atoms with Crippen LogP contribution in [0, 0.1) is 17.8 Å². The summed E-state index contributed by atoms with van der Waals surface area (Å²) in [7, 11) is 0. The van der Waals surface area contributed by atoms with Gasteiger partial charge in [-0.2, -0.15) is 0 Å². The van der Waals surface area contributed by atoms with Crippen LogP contribution in [0.3, 0.4) is 0 Å². The lowest BCUT2D eigenvalue weighted by Gasteiger charge is -2.23. The first-order valence-electron chi connectivity index (χ1n) is 7.53. The summed E-state index contributed by atoms with van der Waals surface area (Å²) in [5, 5.41) is 3.73. The highest BCUT2D eigenvalue weighted by Crippen LogP contribution is 2.37. The van der Waals surface area contributed by atoms with Crippen LogP contribution in [0.5, 0.6) is 0 Å². The molecule has 2 aliphatic rings. The predicted molar refractivity (Wildman–Crippen MR) is 70.5 cm³/mol. The maximum Gasteiger partial charge on any atom is 0.00683 e. The van der Waals surface area contributed by atoms with E-state index < -0.39 is 0 Å². The van der Waals surface area contributed by atoms with Gasteiger partial charge in [-0.25, -0.2) is 0 Å². The molecule has 0 bridgehead atoms. The third-order valence-corrected chi connectivity index (χ3v) is 4.55. The maximum absolute atomic E-state index is 3.73. The molecule has 2 fully saturated rings. The molecule has 3 atom stereocenters. The van der Waals surface area contributed by atoms with Crippen molar-refractivity contribution in [1.29, 1.82) is 0 Å². The van der Waals surface area contributed by atoms with Crippen LogP contribution in [0.2, 0.25) is 0 Å². The zero-order chi connectivity index (χ0) is 11.4. The molecule has 1 nitrogen and oxygen atoms in total. The van der Waals surface area contributed by atoms with Gasteiger partial charge >= 0.3 is 0 Å². The summed E-state index contributed by atoms with van der Waals surface area (Å²) >= 11 is 0. The van der Waals surface area contributed by atoms with Crippen molar-refractivity contribution in [1.82, 2.24) is 5.32 Å². The van der Waals surface area contributed by atoms with Gasteiger partial charge in [-0.15, -0.1) is 0 Å². The van der Waals surface area contributed by atoms with Crippen molar-refractivity contribution in [2.75, 3.05) is 6.54 Å². The molecule has 0 aliphatic heterocycles. The van der Waals surface area contributed by atoms with E-state index in [-0.39, 0.29) is 0 Å². The second kappa shape index (κ2) is 6.05. The molecule has 2 rings (SSSR count). The molecular weight excluding hydrogens is 194 g/mol. The molecule has 2 aliphatic carbocycles. The van der Waals surface area contributed by atoms with Gasteiger partial charge in [-0.1, -0.05) is 39.5 Å². The minimum atomic E-state index is 0.898. The average Bonchev–Trinajstić information content (AvgIpc) is 2.98. The Morgan fingerprint density at radius 3 is 2.56 bits per heavy atom. The fourth-order valence-corrected chi connectivity index (χ4v) is 3.43. The maximum atomic E-state index is 3.73. The lowest BCUT2D eigenvalue weighted by atomic mass is 9.86. The van der Waals surface area contributed by atoms with Gasteiger partial charge in [0.1, 0.15) is 0 Å². The van der Waals surface area contributed by atoms with Crippen LogP contribution >= 0.6 is 0 Å². The molecule has 0 aromatic rings. The Balaban J connectivity index is 1.68. The average molecular weight is 223 g/mol. The normalized spacial score (nSPS) is 31.9. The Bertz CT molecular complexity index is 198. The van der Waals surface area contributed by atoms with E-state index in [0.29, 0.717) is 0 Å². The Morgan fingerprint density at radius 1 is 1.12 bits per heavy atom. The van der Waals surface area contributed by atoms with E-state index in [9.17, 15) is 0 Å². The molecular formula is C15H29N. The van der Waals surface area contributed by atoms with Gasteiger partial charge in [0.2, 0.25) is 0 Å². The van der Waals surface area contributed by atoms with E-state index in [2.05, 4.69) is 19.2 Å². The van der Waals surface area contributed by atoms with E-state index in [1.807, 2.05) is 0 Å². The van der Waals surface area contributed by atoms with Crippen molar-refractivity contribution < 1.29 is 0 Å². The molecule has 0 saturated heterocycles. The Labute approximate surface area is 101 Å². The SMILES string of the molecule is CCCC(C)CC1CCCC1CNC1CC1. The van der Waals surface area contributed by atoms with Crippen LogP contribution in [0.25, 0.3) is 0 Å². The van der Waals surface area contributed by atoms with Crippen LogP contribution in [-0.2, 0) is 0 Å². The van der Waals surface area contributed by atoms with Crippen molar-refractivity contribution in [2.45, 2.75) is 71.3 Å². The molecule has 0 aromatic heterocycles. The smallest absolute Gasteiger partial charge is 0.00683 e. The quantitative estimate of drug-likeness (QED) is 0.688. The number of hydrogen-bond donors (Lipinski definition) is 1. The van der Waals surface area contributed by atoms with Gasteiger partial charge in [0, 0.05) is 6.04 Å². The summed E-state index contributed by atoms with van der Waals surface area (Å²) in [6.07, 6.45) is 11.6. The zero-order valence-electron chi connectivity index (χ0n) is 11.2. The van der Waals surface area contributed by atoms with Crippen molar-refractivity contribution in [2.24, 2.45) is 17.8 Å². The molecule has 0 radical (unpaired) electrons. The number of nitrogens with one attached hydrogen (secondary N) is 1. The number of hydrogen-bond acceptors (Lipinski definition) is 1. The molecule has 2 saturated carbocycles. The van der Waals surface area contributed by atoms with Gasteiger partial charge in [0.15, 0.2) is 0 Å². The predicted octanol–water partition coefficient (Wildman–Crippen LogP) is 3.98. The third-order valence-electron chi connectivity index (χ3n) is 4.55. The monoisotopic (exact) mass is 223 g/mol. The minimum absolute atomic E-state index is 0.898. The highest BCUT2D eigenvalue weighted by Gasteiger charge is 2.30. The number of rotatable bonds is 7. The molecule has 1 heteroatoms. The van der Waals surface area contributed by atoms with Gasteiger partial charge in [0.25, 0.3) is 0 Å². The summed E-state index contributed by atoms with van der Waals surface area (Å²) in [5.41, 5.74) is 0. The summed E-state index contributed by atoms with van der Waals surface area (Å²) < 4.78 is 0. The zero-order valence-corrected chi connectivity index (χ0v) is 11.2. The van der Waals surface area contributed by atoms with Gasteiger partial charge in [0.05, 0.1) is 0 Å². The largest absolute Gasteiger partial charge is 0.314 e. The molecule has 1 N–H and O–H groups in total. The summed E-state index contributed by atoms with van der Waals surface area (Å²) in [5.74, 6) is 2.99. The minimum Gasteiger partial charge on any atom is -0.314 e. The fraction of sp³-hybridized carbons (Fsp3) is 1.00. The molecule has 94 valence electrons. The van der Waals surface area contributed by atoms with Gasteiger partial charge in [-0.3, -0.25) is 0 Å². The Hall–Kier alpha value is -0.0400. The summed E-state index contributed by atoms with van der Waals surface area (Å²) in [4.78, 5) is 0. The first-order chi connectivity index (χ1) is 7.79. The van der Waals surface area contributed by atoms with Crippen LogP contribution < -0.4 is 5.32 Å². The van der Waals surface area contributed by atoms with E-state index in [4.69, 9.17) is 0 Å². The van der Waals surface area contributed by atoms with Crippen molar-refractivity contribution >= 4 is 0 Å². The second-order valence-corrected chi connectivity index (χ2v) is 6.26. The summed E-state index contributed by atoms with van der Waals surface area (Å²) in [6, 6.07) is 0.898. The van der Waals surface area contributed by atoms with E-state index in [0.717, 1.165) is 23.8 Å². The molecule has 16 heavy (non-hydrogen) atoms. The lowest BCUT2D eigenvalue weighted by molar-refractivity contribution is 0.294. The van der Waals surface area contributed by atoms with Crippen LogP contribution in [0.1, 0.15) is 65.2 Å². The fourth-order valence-electron chi connectivity index (χ4n) is 3.43. The van der Waals surface area contributed by atoms with E-state index >= 15 is 0 Å². The van der Waals surface area contributed by atoms with Crippen LogP contribution in [0.4, 0.5) is 0 Å². The molecule has 0 aromatic carbocycles. The van der Waals surface area contributed by atoms with Crippen molar-refractivity contribution in [3.05, 3.63) is 0 Å². The molecule has 0 heterocycles. The lowest BCUT2D eigenvalue weighted by Crippen LogP contribution is -2.27. The van der Waals surface area contributed by atoms with Gasteiger partial charge < -0.3 is 5.32 Å². The highest BCUT2D eigenvalue weighted by atomic mass is 14.9. The molecule has 0 spiro atoms. The van der Waals surface area contributed by atoms with Crippen LogP contribution in [0.15, 0.2) is 0 Å². The van der Waals surface area contributed by atoms with E-state index in [1.165, 1.54) is 57.9 Å². The topological polar surface area (TPSA) is 12.0 Å². The van der Waals surface area contributed by atoms with Gasteiger partial charge in [-0.05, 0) is 50.0 Å². The third kappa shape index (κ3) is 3.76. The summed E-state index contributed by atoms with van der Waals surface area (Å²) in [6.45, 7) is 6.08. The second-order valence-electron chi connectivity index (χ2n) is 6.26. The molecule has 3 unspecified atom stereocenters.